The van der Waals surface area contributed by atoms with Crippen molar-refractivity contribution in [2.24, 2.45) is 0 Å². The highest BCUT2D eigenvalue weighted by Gasteiger charge is 2.03. The first-order valence-corrected chi connectivity index (χ1v) is 8.60. The molecule has 0 saturated carbocycles. The molecule has 0 heterocycles. The topological polar surface area (TPSA) is 29.1 Å². The highest BCUT2D eigenvalue weighted by molar-refractivity contribution is 5.85. The summed E-state index contributed by atoms with van der Waals surface area (Å²) < 4.78 is 0. The maximum absolute atomic E-state index is 12.0. The van der Waals surface area contributed by atoms with Crippen molar-refractivity contribution < 1.29 is 4.79 Å². The molecule has 0 aliphatic heterocycles. The summed E-state index contributed by atoms with van der Waals surface area (Å²) in [6, 6.07) is 25.1. The van der Waals surface area contributed by atoms with Crippen LogP contribution in [-0.4, -0.2) is 12.5 Å². The van der Waals surface area contributed by atoms with Crippen LogP contribution in [0.15, 0.2) is 72.8 Å². The first kappa shape index (κ1) is 16.3. The molecule has 0 saturated heterocycles. The normalized spacial score (nSPS) is 10.7. The third-order valence-corrected chi connectivity index (χ3v) is 4.31. The second-order valence-electron chi connectivity index (χ2n) is 6.08. The molecule has 1 amide bonds. The van der Waals surface area contributed by atoms with Crippen LogP contribution in [0.4, 0.5) is 0 Å². The molecule has 0 atom stereocenters. The molecular weight excluding hydrogens is 294 g/mol. The molecule has 1 N–H and O–H groups in total. The smallest absolute Gasteiger partial charge is 0.220 e. The molecule has 0 aliphatic rings. The SMILES string of the molecule is O=C(CCCc1ccccc1)NCCc1cccc2ccccc12. The Kier molecular flexibility index (Phi) is 5.62. The Morgan fingerprint density at radius 2 is 1.54 bits per heavy atom. The third kappa shape index (κ3) is 4.45. The fourth-order valence-electron chi connectivity index (χ4n) is 3.03. The minimum Gasteiger partial charge on any atom is -0.356 e. The molecule has 24 heavy (non-hydrogen) atoms. The van der Waals surface area contributed by atoms with Gasteiger partial charge in [0.2, 0.25) is 5.91 Å². The Labute approximate surface area is 143 Å². The van der Waals surface area contributed by atoms with Crippen molar-refractivity contribution in [1.82, 2.24) is 5.32 Å². The molecule has 3 aromatic carbocycles. The van der Waals surface area contributed by atoms with Gasteiger partial charge in [-0.25, -0.2) is 0 Å². The van der Waals surface area contributed by atoms with E-state index in [-0.39, 0.29) is 5.91 Å². The molecule has 2 nitrogen and oxygen atoms in total. The van der Waals surface area contributed by atoms with E-state index in [1.165, 1.54) is 21.9 Å². The minimum absolute atomic E-state index is 0.145. The average molecular weight is 317 g/mol. The zero-order valence-electron chi connectivity index (χ0n) is 13.9. The molecule has 3 aromatic rings. The van der Waals surface area contributed by atoms with Crippen molar-refractivity contribution in [2.45, 2.75) is 25.7 Å². The molecule has 0 fully saturated rings. The summed E-state index contributed by atoms with van der Waals surface area (Å²) in [5.41, 5.74) is 2.58. The van der Waals surface area contributed by atoms with E-state index in [9.17, 15) is 4.79 Å². The molecule has 0 bridgehead atoms. The maximum atomic E-state index is 12.0. The Morgan fingerprint density at radius 1 is 0.792 bits per heavy atom. The number of nitrogens with one attached hydrogen (secondary N) is 1. The summed E-state index contributed by atoms with van der Waals surface area (Å²) in [5.74, 6) is 0.145. The average Bonchev–Trinajstić information content (AvgIpc) is 2.63. The van der Waals surface area contributed by atoms with Crippen LogP contribution in [0, 0.1) is 0 Å². The lowest BCUT2D eigenvalue weighted by molar-refractivity contribution is -0.121. The van der Waals surface area contributed by atoms with E-state index in [1.54, 1.807) is 0 Å². The summed E-state index contributed by atoms with van der Waals surface area (Å²) in [6.45, 7) is 0.693. The highest BCUT2D eigenvalue weighted by atomic mass is 16.1. The number of carbonyl (C=O) groups is 1. The van der Waals surface area contributed by atoms with Gasteiger partial charge < -0.3 is 5.32 Å². The predicted molar refractivity (Wildman–Crippen MR) is 100 cm³/mol. The highest BCUT2D eigenvalue weighted by Crippen LogP contribution is 2.18. The monoisotopic (exact) mass is 317 g/mol. The van der Waals surface area contributed by atoms with Crippen molar-refractivity contribution in [3.63, 3.8) is 0 Å². The first-order valence-electron chi connectivity index (χ1n) is 8.60. The molecule has 2 heteroatoms. The van der Waals surface area contributed by atoms with E-state index < -0.39 is 0 Å². The van der Waals surface area contributed by atoms with Crippen LogP contribution in [0.2, 0.25) is 0 Å². The van der Waals surface area contributed by atoms with Crippen LogP contribution >= 0.6 is 0 Å². The third-order valence-electron chi connectivity index (χ3n) is 4.31. The molecule has 0 unspecified atom stereocenters. The Bertz CT molecular complexity index is 790. The van der Waals surface area contributed by atoms with Gasteiger partial charge in [-0.3, -0.25) is 4.79 Å². The number of rotatable bonds is 7. The van der Waals surface area contributed by atoms with E-state index in [1.807, 2.05) is 18.2 Å². The van der Waals surface area contributed by atoms with E-state index in [0.29, 0.717) is 13.0 Å². The quantitative estimate of drug-likeness (QED) is 0.682. The van der Waals surface area contributed by atoms with Gasteiger partial charge in [-0.05, 0) is 41.2 Å². The number of amides is 1. The molecular formula is C22H23NO. The molecule has 0 radical (unpaired) electrons. The largest absolute Gasteiger partial charge is 0.356 e. The van der Waals surface area contributed by atoms with Crippen molar-refractivity contribution in [1.29, 1.82) is 0 Å². The van der Waals surface area contributed by atoms with Gasteiger partial charge in [-0.2, -0.15) is 0 Å². The number of carbonyl (C=O) groups excluding carboxylic acids is 1. The van der Waals surface area contributed by atoms with Crippen molar-refractivity contribution in [3.8, 4) is 0 Å². The summed E-state index contributed by atoms with van der Waals surface area (Å²) in [5, 5.41) is 5.57. The second-order valence-corrected chi connectivity index (χ2v) is 6.08. The van der Waals surface area contributed by atoms with Crippen LogP contribution in [0.1, 0.15) is 24.0 Å². The molecule has 0 aromatic heterocycles. The van der Waals surface area contributed by atoms with Crippen LogP contribution < -0.4 is 5.32 Å². The molecule has 0 spiro atoms. The van der Waals surface area contributed by atoms with Gasteiger partial charge >= 0.3 is 0 Å². The molecule has 122 valence electrons. The Hall–Kier alpha value is -2.61. The first-order chi connectivity index (χ1) is 11.8. The maximum Gasteiger partial charge on any atom is 0.220 e. The summed E-state index contributed by atoms with van der Waals surface area (Å²) >= 11 is 0. The van der Waals surface area contributed by atoms with Crippen molar-refractivity contribution >= 4 is 16.7 Å². The minimum atomic E-state index is 0.145. The number of hydrogen-bond donors (Lipinski definition) is 1. The summed E-state index contributed by atoms with van der Waals surface area (Å²) in [7, 11) is 0. The van der Waals surface area contributed by atoms with Gasteiger partial charge in [0.15, 0.2) is 0 Å². The number of benzene rings is 3. The summed E-state index contributed by atoms with van der Waals surface area (Å²) in [4.78, 5) is 12.0. The lowest BCUT2D eigenvalue weighted by Crippen LogP contribution is -2.25. The number of fused-ring (bicyclic) bond motifs is 1. The Balaban J connectivity index is 1.43. The standard InChI is InChI=1S/C22H23NO/c24-22(15-6-10-18-8-2-1-3-9-18)23-17-16-20-13-7-12-19-11-4-5-14-21(19)20/h1-5,7-9,11-14H,6,10,15-17H2,(H,23,24). The number of hydrogen-bond acceptors (Lipinski definition) is 1. The Morgan fingerprint density at radius 3 is 2.42 bits per heavy atom. The van der Waals surface area contributed by atoms with Gasteiger partial charge in [0.05, 0.1) is 0 Å². The fourth-order valence-corrected chi connectivity index (χ4v) is 3.03. The lowest BCUT2D eigenvalue weighted by atomic mass is 10.0. The van der Waals surface area contributed by atoms with Crippen LogP contribution in [0.3, 0.4) is 0 Å². The van der Waals surface area contributed by atoms with Gasteiger partial charge in [-0.1, -0.05) is 72.8 Å². The van der Waals surface area contributed by atoms with Gasteiger partial charge in [0, 0.05) is 13.0 Å². The van der Waals surface area contributed by atoms with E-state index >= 15 is 0 Å². The van der Waals surface area contributed by atoms with Crippen LogP contribution in [0.5, 0.6) is 0 Å². The summed E-state index contributed by atoms with van der Waals surface area (Å²) in [6.07, 6.45) is 3.30. The second kappa shape index (κ2) is 8.30. The van der Waals surface area contributed by atoms with Crippen molar-refractivity contribution in [3.05, 3.63) is 83.9 Å². The lowest BCUT2D eigenvalue weighted by Gasteiger charge is -2.08. The fraction of sp³-hybridized carbons (Fsp3) is 0.227. The molecule has 3 rings (SSSR count). The van der Waals surface area contributed by atoms with E-state index in [4.69, 9.17) is 0 Å². The predicted octanol–water partition coefficient (Wildman–Crippen LogP) is 4.52. The van der Waals surface area contributed by atoms with Crippen LogP contribution in [0.25, 0.3) is 10.8 Å². The van der Waals surface area contributed by atoms with Gasteiger partial charge in [0.1, 0.15) is 0 Å². The van der Waals surface area contributed by atoms with Crippen molar-refractivity contribution in [2.75, 3.05) is 6.54 Å². The zero-order chi connectivity index (χ0) is 16.6. The van der Waals surface area contributed by atoms with E-state index in [2.05, 4.69) is 59.9 Å². The molecule has 0 aliphatic carbocycles. The van der Waals surface area contributed by atoms with Crippen LogP contribution in [-0.2, 0) is 17.6 Å². The zero-order valence-corrected chi connectivity index (χ0v) is 13.9. The number of aryl methyl sites for hydroxylation is 1. The van der Waals surface area contributed by atoms with Gasteiger partial charge in [-0.15, -0.1) is 0 Å². The van der Waals surface area contributed by atoms with Gasteiger partial charge in [0.25, 0.3) is 0 Å². The van der Waals surface area contributed by atoms with E-state index in [0.717, 1.165) is 19.3 Å².